The van der Waals surface area contributed by atoms with Crippen molar-refractivity contribution in [3.63, 3.8) is 0 Å². The summed E-state index contributed by atoms with van der Waals surface area (Å²) in [5.41, 5.74) is 6.85. The predicted octanol–water partition coefficient (Wildman–Crippen LogP) is 3.75. The number of nitrogens with two attached hydrogens (primary N) is 1. The molecular weight excluding hydrogens is 248 g/mol. The molecule has 0 spiro atoms. The summed E-state index contributed by atoms with van der Waals surface area (Å²) in [5.74, 6) is -2.64. The second-order valence-electron chi connectivity index (χ2n) is 4.33. The molecule has 2 aromatic carbocycles. The van der Waals surface area contributed by atoms with Crippen molar-refractivity contribution < 1.29 is 13.5 Å². The minimum atomic E-state index is -3.03. The van der Waals surface area contributed by atoms with Crippen LogP contribution in [0.15, 0.2) is 48.5 Å². The van der Waals surface area contributed by atoms with Crippen LogP contribution in [0.2, 0.25) is 0 Å². The predicted molar refractivity (Wildman–Crippen MR) is 71.4 cm³/mol. The Labute approximate surface area is 110 Å². The average Bonchev–Trinajstić information content (AvgIpc) is 2.41. The first-order valence-corrected chi connectivity index (χ1v) is 5.92. The largest absolute Gasteiger partial charge is 0.487 e. The second kappa shape index (κ2) is 5.26. The minimum absolute atomic E-state index is 0.0587. The number of anilines is 1. The molecule has 0 amide bonds. The zero-order chi connectivity index (χ0) is 13.9. The Kier molecular flexibility index (Phi) is 3.69. The molecule has 4 heteroatoms. The van der Waals surface area contributed by atoms with Gasteiger partial charge in [-0.3, -0.25) is 0 Å². The molecule has 0 saturated heterocycles. The van der Waals surface area contributed by atoms with E-state index in [0.29, 0.717) is 17.0 Å². The maximum Gasteiger partial charge on any atom is 0.306 e. The molecule has 0 fully saturated rings. The maximum atomic E-state index is 13.9. The Morgan fingerprint density at radius 2 is 1.74 bits per heavy atom. The summed E-state index contributed by atoms with van der Waals surface area (Å²) in [7, 11) is 0. The SMILES string of the molecule is Cc1c(N)cccc1OCC(F)(F)c1ccccc1. The Morgan fingerprint density at radius 1 is 1.05 bits per heavy atom. The van der Waals surface area contributed by atoms with Crippen molar-refractivity contribution in [2.75, 3.05) is 12.3 Å². The van der Waals surface area contributed by atoms with E-state index in [4.69, 9.17) is 10.5 Å². The molecule has 0 heterocycles. The molecule has 19 heavy (non-hydrogen) atoms. The van der Waals surface area contributed by atoms with Crippen LogP contribution >= 0.6 is 0 Å². The lowest BCUT2D eigenvalue weighted by atomic mass is 10.1. The standard InChI is InChI=1S/C15H15F2NO/c1-11-13(18)8-5-9-14(11)19-10-15(16,17)12-6-3-2-4-7-12/h2-9H,10,18H2,1H3. The van der Waals surface area contributed by atoms with Gasteiger partial charge in [-0.1, -0.05) is 36.4 Å². The Morgan fingerprint density at radius 3 is 2.42 bits per heavy atom. The molecule has 2 rings (SSSR count). The quantitative estimate of drug-likeness (QED) is 0.853. The third-order valence-corrected chi connectivity index (χ3v) is 2.93. The van der Waals surface area contributed by atoms with E-state index in [1.807, 2.05) is 0 Å². The highest BCUT2D eigenvalue weighted by Crippen LogP contribution is 2.30. The molecule has 0 aliphatic heterocycles. The minimum Gasteiger partial charge on any atom is -0.487 e. The smallest absolute Gasteiger partial charge is 0.306 e. The normalized spacial score (nSPS) is 11.3. The van der Waals surface area contributed by atoms with Crippen LogP contribution in [-0.4, -0.2) is 6.61 Å². The Bertz CT molecular complexity index is 555. The molecular formula is C15H15F2NO. The Balaban J connectivity index is 2.12. The highest BCUT2D eigenvalue weighted by molar-refractivity contribution is 5.53. The van der Waals surface area contributed by atoms with Crippen LogP contribution in [0, 0.1) is 6.92 Å². The number of halogens is 2. The first-order valence-electron chi connectivity index (χ1n) is 5.92. The van der Waals surface area contributed by atoms with Crippen LogP contribution in [0.25, 0.3) is 0 Å². The summed E-state index contributed by atoms with van der Waals surface area (Å²) in [6, 6.07) is 12.6. The highest BCUT2D eigenvalue weighted by Gasteiger charge is 2.32. The van der Waals surface area contributed by atoms with E-state index in [-0.39, 0.29) is 5.56 Å². The summed E-state index contributed by atoms with van der Waals surface area (Å²) in [6.45, 7) is 1.03. The van der Waals surface area contributed by atoms with Crippen molar-refractivity contribution >= 4 is 5.69 Å². The zero-order valence-electron chi connectivity index (χ0n) is 10.6. The van der Waals surface area contributed by atoms with Crippen molar-refractivity contribution in [3.8, 4) is 5.75 Å². The molecule has 2 nitrogen and oxygen atoms in total. The van der Waals surface area contributed by atoms with Crippen LogP contribution in [0.5, 0.6) is 5.75 Å². The summed E-state index contributed by atoms with van der Waals surface area (Å²) >= 11 is 0. The van der Waals surface area contributed by atoms with E-state index in [1.165, 1.54) is 12.1 Å². The first kappa shape index (κ1) is 13.3. The fourth-order valence-electron chi connectivity index (χ4n) is 1.72. The van der Waals surface area contributed by atoms with E-state index in [9.17, 15) is 8.78 Å². The van der Waals surface area contributed by atoms with Gasteiger partial charge >= 0.3 is 5.92 Å². The number of rotatable bonds is 4. The number of nitrogen functional groups attached to an aromatic ring is 1. The summed E-state index contributed by atoms with van der Waals surface area (Å²) in [4.78, 5) is 0. The van der Waals surface area contributed by atoms with Crippen molar-refractivity contribution in [2.24, 2.45) is 0 Å². The fourth-order valence-corrected chi connectivity index (χ4v) is 1.72. The van der Waals surface area contributed by atoms with Crippen LogP contribution in [0.3, 0.4) is 0 Å². The molecule has 2 aromatic rings. The lowest BCUT2D eigenvalue weighted by molar-refractivity contribution is -0.0468. The fraction of sp³-hybridized carbons (Fsp3) is 0.200. The van der Waals surface area contributed by atoms with Crippen molar-refractivity contribution in [1.82, 2.24) is 0 Å². The van der Waals surface area contributed by atoms with Crippen molar-refractivity contribution in [3.05, 3.63) is 59.7 Å². The van der Waals surface area contributed by atoms with Gasteiger partial charge in [-0.2, -0.15) is 8.78 Å². The molecule has 0 saturated carbocycles. The molecule has 100 valence electrons. The van der Waals surface area contributed by atoms with Gasteiger partial charge in [-0.25, -0.2) is 0 Å². The van der Waals surface area contributed by atoms with Crippen molar-refractivity contribution in [2.45, 2.75) is 12.8 Å². The van der Waals surface area contributed by atoms with Gasteiger partial charge in [0.1, 0.15) is 5.75 Å². The van der Waals surface area contributed by atoms with Gasteiger partial charge in [-0.05, 0) is 19.1 Å². The molecule has 0 radical (unpaired) electrons. The maximum absolute atomic E-state index is 13.9. The number of alkyl halides is 2. The number of hydrogen-bond acceptors (Lipinski definition) is 2. The van der Waals surface area contributed by atoms with Gasteiger partial charge in [0.25, 0.3) is 0 Å². The second-order valence-corrected chi connectivity index (χ2v) is 4.33. The molecule has 0 aliphatic rings. The van der Waals surface area contributed by atoms with E-state index in [2.05, 4.69) is 0 Å². The molecule has 0 bridgehead atoms. The van der Waals surface area contributed by atoms with Crippen LogP contribution < -0.4 is 10.5 Å². The molecule has 2 N–H and O–H groups in total. The molecule has 0 aromatic heterocycles. The van der Waals surface area contributed by atoms with Crippen LogP contribution in [-0.2, 0) is 5.92 Å². The molecule has 0 atom stereocenters. The third kappa shape index (κ3) is 3.02. The molecule has 0 unspecified atom stereocenters. The summed E-state index contributed by atoms with van der Waals surface area (Å²) in [6.07, 6.45) is 0. The van der Waals surface area contributed by atoms with Gasteiger partial charge < -0.3 is 10.5 Å². The van der Waals surface area contributed by atoms with Gasteiger partial charge in [0.15, 0.2) is 6.61 Å². The topological polar surface area (TPSA) is 35.2 Å². The van der Waals surface area contributed by atoms with Gasteiger partial charge in [-0.15, -0.1) is 0 Å². The van der Waals surface area contributed by atoms with E-state index >= 15 is 0 Å². The van der Waals surface area contributed by atoms with E-state index in [0.717, 1.165) is 0 Å². The number of ether oxygens (including phenoxy) is 1. The number of hydrogen-bond donors (Lipinski definition) is 1. The molecule has 0 aliphatic carbocycles. The van der Waals surface area contributed by atoms with Gasteiger partial charge in [0.2, 0.25) is 0 Å². The van der Waals surface area contributed by atoms with Gasteiger partial charge in [0.05, 0.1) is 0 Å². The van der Waals surface area contributed by atoms with Crippen LogP contribution in [0.1, 0.15) is 11.1 Å². The third-order valence-electron chi connectivity index (χ3n) is 2.93. The summed E-state index contributed by atoms with van der Waals surface area (Å²) in [5, 5.41) is 0. The first-order chi connectivity index (χ1) is 9.00. The zero-order valence-corrected chi connectivity index (χ0v) is 10.6. The lowest BCUT2D eigenvalue weighted by Crippen LogP contribution is -2.23. The monoisotopic (exact) mass is 263 g/mol. The Hall–Kier alpha value is -2.10. The summed E-state index contributed by atoms with van der Waals surface area (Å²) < 4.78 is 33.0. The lowest BCUT2D eigenvalue weighted by Gasteiger charge is -2.18. The van der Waals surface area contributed by atoms with E-state index < -0.39 is 12.5 Å². The highest BCUT2D eigenvalue weighted by atomic mass is 19.3. The van der Waals surface area contributed by atoms with E-state index in [1.54, 1.807) is 43.3 Å². The van der Waals surface area contributed by atoms with Gasteiger partial charge in [0, 0.05) is 16.8 Å². The van der Waals surface area contributed by atoms with Crippen molar-refractivity contribution in [1.29, 1.82) is 0 Å². The average molecular weight is 263 g/mol. The van der Waals surface area contributed by atoms with Crippen LogP contribution in [0.4, 0.5) is 14.5 Å². The number of benzene rings is 2.